The summed E-state index contributed by atoms with van der Waals surface area (Å²) >= 11 is 5.78. The maximum Gasteiger partial charge on any atom is 0.440 e. The van der Waals surface area contributed by atoms with E-state index in [0.29, 0.717) is 0 Å². The fourth-order valence-corrected chi connectivity index (χ4v) is 2.65. The maximum atomic E-state index is 13.8. The number of alkyl halides is 3. The molecule has 0 saturated carbocycles. The lowest BCUT2D eigenvalue weighted by Gasteiger charge is -2.29. The predicted molar refractivity (Wildman–Crippen MR) is 88.0 cm³/mol. The SMILES string of the molecule is O=C(NC1(C(F)(F)F)NC(=O)N(c2cccc(Cl)c2)C1=O)c1cccnc1. The van der Waals surface area contributed by atoms with Crippen molar-refractivity contribution in [3.63, 3.8) is 0 Å². The lowest BCUT2D eigenvalue weighted by molar-refractivity contribution is -0.197. The first-order chi connectivity index (χ1) is 12.7. The number of hydrogen-bond acceptors (Lipinski definition) is 4. The molecule has 0 spiro atoms. The molecule has 1 unspecified atom stereocenters. The molecule has 2 heterocycles. The number of pyridine rings is 1. The van der Waals surface area contributed by atoms with E-state index in [1.54, 1.807) is 10.6 Å². The number of urea groups is 1. The number of carbonyl (C=O) groups is 3. The largest absolute Gasteiger partial charge is 0.440 e. The van der Waals surface area contributed by atoms with Gasteiger partial charge in [0.25, 0.3) is 17.5 Å². The predicted octanol–water partition coefficient (Wildman–Crippen LogP) is 2.48. The summed E-state index contributed by atoms with van der Waals surface area (Å²) in [5.41, 5.74) is -4.02. The van der Waals surface area contributed by atoms with Gasteiger partial charge in [0.05, 0.1) is 11.3 Å². The number of nitrogens with zero attached hydrogens (tertiary/aromatic N) is 2. The molecular weight excluding hydrogens is 389 g/mol. The van der Waals surface area contributed by atoms with Crippen LogP contribution in [0.2, 0.25) is 5.02 Å². The summed E-state index contributed by atoms with van der Waals surface area (Å²) in [6.45, 7) is 0. The van der Waals surface area contributed by atoms with E-state index in [4.69, 9.17) is 11.6 Å². The second-order valence-electron chi connectivity index (χ2n) is 5.49. The Morgan fingerprint density at radius 3 is 2.56 bits per heavy atom. The number of benzene rings is 1. The van der Waals surface area contributed by atoms with Crippen LogP contribution in [0.1, 0.15) is 10.4 Å². The highest BCUT2D eigenvalue weighted by Crippen LogP contribution is 2.36. The van der Waals surface area contributed by atoms with Crippen molar-refractivity contribution in [1.82, 2.24) is 15.6 Å². The lowest BCUT2D eigenvalue weighted by Crippen LogP contribution is -2.69. The van der Waals surface area contributed by atoms with E-state index in [9.17, 15) is 27.6 Å². The van der Waals surface area contributed by atoms with E-state index in [-0.39, 0.29) is 21.2 Å². The number of rotatable bonds is 3. The Balaban J connectivity index is 2.02. The average molecular weight is 399 g/mol. The van der Waals surface area contributed by atoms with Gasteiger partial charge in [-0.05, 0) is 30.3 Å². The van der Waals surface area contributed by atoms with Crippen LogP contribution >= 0.6 is 11.6 Å². The lowest BCUT2D eigenvalue weighted by atomic mass is 10.1. The molecule has 1 aromatic heterocycles. The Morgan fingerprint density at radius 1 is 1.22 bits per heavy atom. The van der Waals surface area contributed by atoms with Crippen molar-refractivity contribution in [3.8, 4) is 0 Å². The minimum Gasteiger partial charge on any atom is -0.314 e. The summed E-state index contributed by atoms with van der Waals surface area (Å²) in [4.78, 5) is 40.9. The van der Waals surface area contributed by atoms with E-state index < -0.39 is 29.7 Å². The van der Waals surface area contributed by atoms with Gasteiger partial charge in [-0.1, -0.05) is 17.7 Å². The first kappa shape index (κ1) is 18.6. The first-order valence-corrected chi connectivity index (χ1v) is 7.75. The fraction of sp³-hybridized carbons (Fsp3) is 0.125. The normalized spacial score (nSPS) is 19.8. The van der Waals surface area contributed by atoms with E-state index in [1.807, 2.05) is 0 Å². The number of imide groups is 1. The molecule has 1 aliphatic heterocycles. The van der Waals surface area contributed by atoms with Gasteiger partial charge >= 0.3 is 12.2 Å². The van der Waals surface area contributed by atoms with Crippen LogP contribution in [0.15, 0.2) is 48.8 Å². The molecule has 11 heteroatoms. The van der Waals surface area contributed by atoms with Crippen molar-refractivity contribution in [2.24, 2.45) is 0 Å². The summed E-state index contributed by atoms with van der Waals surface area (Å²) in [5, 5.41) is 3.23. The Bertz CT molecular complexity index is 923. The Kier molecular flexibility index (Phi) is 4.52. The highest BCUT2D eigenvalue weighted by atomic mass is 35.5. The summed E-state index contributed by atoms with van der Waals surface area (Å²) in [5.74, 6) is -2.94. The molecule has 140 valence electrons. The quantitative estimate of drug-likeness (QED) is 0.777. The van der Waals surface area contributed by atoms with E-state index in [0.717, 1.165) is 12.3 Å². The highest BCUT2D eigenvalue weighted by Gasteiger charge is 2.69. The Hall–Kier alpha value is -3.14. The summed E-state index contributed by atoms with van der Waals surface area (Å²) in [7, 11) is 0. The zero-order chi connectivity index (χ0) is 19.8. The number of nitrogens with one attached hydrogen (secondary N) is 2. The summed E-state index contributed by atoms with van der Waals surface area (Å²) in [6.07, 6.45) is -2.97. The molecule has 0 aliphatic carbocycles. The first-order valence-electron chi connectivity index (χ1n) is 7.37. The fourth-order valence-electron chi connectivity index (χ4n) is 2.47. The van der Waals surface area contributed by atoms with Crippen LogP contribution in [-0.2, 0) is 4.79 Å². The Morgan fingerprint density at radius 2 is 1.96 bits per heavy atom. The molecular formula is C16H10ClF3N4O3. The topological polar surface area (TPSA) is 91.4 Å². The molecule has 0 bridgehead atoms. The molecule has 1 atom stereocenters. The zero-order valence-corrected chi connectivity index (χ0v) is 14.0. The second kappa shape index (κ2) is 6.54. The van der Waals surface area contributed by atoms with Crippen molar-refractivity contribution in [1.29, 1.82) is 0 Å². The van der Waals surface area contributed by atoms with Gasteiger partial charge in [-0.25, -0.2) is 9.69 Å². The molecule has 27 heavy (non-hydrogen) atoms. The summed E-state index contributed by atoms with van der Waals surface area (Å²) in [6, 6.07) is 6.36. The number of hydrogen-bond donors (Lipinski definition) is 2. The Labute approximate surface area is 155 Å². The van der Waals surface area contributed by atoms with Crippen LogP contribution < -0.4 is 15.5 Å². The molecule has 3 rings (SSSR count). The minimum absolute atomic E-state index is 0.108. The third-order valence-corrected chi connectivity index (χ3v) is 3.97. The van der Waals surface area contributed by atoms with E-state index in [2.05, 4.69) is 4.98 Å². The maximum absolute atomic E-state index is 13.8. The number of carbonyl (C=O) groups excluding carboxylic acids is 3. The summed E-state index contributed by atoms with van der Waals surface area (Å²) < 4.78 is 41.3. The molecule has 1 saturated heterocycles. The number of anilines is 1. The number of halogens is 4. The molecule has 2 N–H and O–H groups in total. The van der Waals surface area contributed by atoms with E-state index in [1.165, 1.54) is 36.5 Å². The van der Waals surface area contributed by atoms with Crippen molar-refractivity contribution < 1.29 is 27.6 Å². The van der Waals surface area contributed by atoms with Crippen LogP contribution in [0.4, 0.5) is 23.7 Å². The third kappa shape index (κ3) is 3.19. The van der Waals surface area contributed by atoms with Gasteiger partial charge in [0, 0.05) is 17.4 Å². The number of aromatic nitrogens is 1. The van der Waals surface area contributed by atoms with Crippen LogP contribution in [0, 0.1) is 0 Å². The zero-order valence-electron chi connectivity index (χ0n) is 13.2. The van der Waals surface area contributed by atoms with Gasteiger partial charge in [-0.15, -0.1) is 0 Å². The molecule has 2 aromatic rings. The highest BCUT2D eigenvalue weighted by molar-refractivity contribution is 6.31. The second-order valence-corrected chi connectivity index (χ2v) is 5.93. The smallest absolute Gasteiger partial charge is 0.314 e. The van der Waals surface area contributed by atoms with Crippen LogP contribution in [0.3, 0.4) is 0 Å². The van der Waals surface area contributed by atoms with Crippen molar-refractivity contribution in [3.05, 3.63) is 59.4 Å². The average Bonchev–Trinajstić information content (AvgIpc) is 2.86. The van der Waals surface area contributed by atoms with Gasteiger partial charge in [0.2, 0.25) is 0 Å². The van der Waals surface area contributed by atoms with Crippen molar-refractivity contribution in [2.75, 3.05) is 4.90 Å². The molecule has 1 fully saturated rings. The van der Waals surface area contributed by atoms with E-state index >= 15 is 0 Å². The van der Waals surface area contributed by atoms with Crippen LogP contribution in [0.5, 0.6) is 0 Å². The van der Waals surface area contributed by atoms with Gasteiger partial charge in [0.1, 0.15) is 0 Å². The molecule has 0 radical (unpaired) electrons. The minimum atomic E-state index is -5.31. The molecule has 7 nitrogen and oxygen atoms in total. The molecule has 1 aliphatic rings. The molecule has 4 amide bonds. The van der Waals surface area contributed by atoms with Gasteiger partial charge in [-0.2, -0.15) is 13.2 Å². The molecule has 1 aromatic carbocycles. The van der Waals surface area contributed by atoms with Crippen LogP contribution in [0.25, 0.3) is 0 Å². The van der Waals surface area contributed by atoms with Crippen molar-refractivity contribution >= 4 is 35.1 Å². The number of amides is 4. The van der Waals surface area contributed by atoms with Crippen LogP contribution in [-0.4, -0.2) is 34.7 Å². The van der Waals surface area contributed by atoms with Gasteiger partial charge < -0.3 is 5.32 Å². The standard InChI is InChI=1S/C16H10ClF3N4O3/c17-10-4-1-5-11(7-10)24-13(26)15(16(18,19)20,23-14(24)27)22-12(25)9-3-2-6-21-8-9/h1-8H,(H,22,25)(H,23,27). The monoisotopic (exact) mass is 398 g/mol. The van der Waals surface area contributed by atoms with Gasteiger partial charge in [0.15, 0.2) is 0 Å². The van der Waals surface area contributed by atoms with Crippen molar-refractivity contribution in [2.45, 2.75) is 11.8 Å². The van der Waals surface area contributed by atoms with Gasteiger partial charge in [-0.3, -0.25) is 19.9 Å². The third-order valence-electron chi connectivity index (χ3n) is 3.74.